The standard InChI is InChI=1S/C14H10Cl3NOS/c15-11-6-10(13(17)20-11)12(16)8-2-1-7-3-4-18-14(19)9(7)5-8/h1-2,5-6,12H,3-4H2,(H,18,19). The van der Waals surface area contributed by atoms with Gasteiger partial charge in [-0.1, -0.05) is 35.3 Å². The van der Waals surface area contributed by atoms with Crippen LogP contribution in [0.25, 0.3) is 0 Å². The molecule has 1 amide bonds. The Morgan fingerprint density at radius 3 is 2.75 bits per heavy atom. The van der Waals surface area contributed by atoms with Crippen molar-refractivity contribution in [3.8, 4) is 0 Å². The Hall–Kier alpha value is -0.740. The summed E-state index contributed by atoms with van der Waals surface area (Å²) in [7, 11) is 0. The van der Waals surface area contributed by atoms with E-state index >= 15 is 0 Å². The summed E-state index contributed by atoms with van der Waals surface area (Å²) in [6.07, 6.45) is 0.847. The minimum Gasteiger partial charge on any atom is -0.352 e. The number of amides is 1. The predicted octanol–water partition coefficient (Wildman–Crippen LogP) is 4.67. The van der Waals surface area contributed by atoms with Crippen LogP contribution < -0.4 is 5.32 Å². The van der Waals surface area contributed by atoms with Gasteiger partial charge in [0.25, 0.3) is 5.91 Å². The average molecular weight is 347 g/mol. The molecule has 1 aromatic heterocycles. The van der Waals surface area contributed by atoms with E-state index in [0.29, 0.717) is 20.8 Å². The summed E-state index contributed by atoms with van der Waals surface area (Å²) < 4.78 is 1.18. The maximum Gasteiger partial charge on any atom is 0.251 e. The van der Waals surface area contributed by atoms with E-state index in [4.69, 9.17) is 34.8 Å². The van der Waals surface area contributed by atoms with Gasteiger partial charge in [0.05, 0.1) is 14.0 Å². The molecule has 20 heavy (non-hydrogen) atoms. The zero-order valence-corrected chi connectivity index (χ0v) is 13.3. The third kappa shape index (κ3) is 2.56. The first-order chi connectivity index (χ1) is 9.56. The molecule has 0 saturated carbocycles. The van der Waals surface area contributed by atoms with Crippen molar-refractivity contribution in [2.75, 3.05) is 6.54 Å². The number of halogens is 3. The minimum absolute atomic E-state index is 0.0496. The lowest BCUT2D eigenvalue weighted by Crippen LogP contribution is -2.31. The summed E-state index contributed by atoms with van der Waals surface area (Å²) in [5, 5.41) is 2.42. The number of carbonyl (C=O) groups is 1. The first-order valence-corrected chi connectivity index (χ1v) is 8.07. The number of hydrogen-bond donors (Lipinski definition) is 1. The van der Waals surface area contributed by atoms with Crippen LogP contribution in [-0.4, -0.2) is 12.5 Å². The van der Waals surface area contributed by atoms with Gasteiger partial charge in [0.2, 0.25) is 0 Å². The second-order valence-corrected chi connectivity index (χ2v) is 7.29. The van der Waals surface area contributed by atoms with Crippen molar-refractivity contribution in [1.29, 1.82) is 0 Å². The van der Waals surface area contributed by atoms with Crippen molar-refractivity contribution in [1.82, 2.24) is 5.32 Å². The van der Waals surface area contributed by atoms with E-state index in [-0.39, 0.29) is 5.91 Å². The maximum absolute atomic E-state index is 11.9. The highest BCUT2D eigenvalue weighted by atomic mass is 35.5. The fourth-order valence-electron chi connectivity index (χ4n) is 2.29. The molecule has 1 aliphatic rings. The maximum atomic E-state index is 11.9. The SMILES string of the molecule is O=C1NCCc2ccc(C(Cl)c3cc(Cl)sc3Cl)cc21. The molecule has 0 spiro atoms. The third-order valence-corrected chi connectivity index (χ3v) is 5.31. The highest BCUT2D eigenvalue weighted by molar-refractivity contribution is 7.20. The summed E-state index contributed by atoms with van der Waals surface area (Å²) in [5.41, 5.74) is 3.37. The molecule has 3 rings (SSSR count). The summed E-state index contributed by atoms with van der Waals surface area (Å²) in [4.78, 5) is 11.9. The Morgan fingerprint density at radius 2 is 2.05 bits per heavy atom. The molecule has 1 unspecified atom stereocenters. The van der Waals surface area contributed by atoms with Crippen LogP contribution in [0.4, 0.5) is 0 Å². The van der Waals surface area contributed by atoms with E-state index in [2.05, 4.69) is 5.32 Å². The van der Waals surface area contributed by atoms with Gasteiger partial charge in [0.1, 0.15) is 0 Å². The molecule has 2 nitrogen and oxygen atoms in total. The zero-order valence-electron chi connectivity index (χ0n) is 10.3. The van der Waals surface area contributed by atoms with E-state index in [1.807, 2.05) is 18.2 Å². The number of thiophene rings is 1. The first-order valence-electron chi connectivity index (χ1n) is 6.06. The number of fused-ring (bicyclic) bond motifs is 1. The average Bonchev–Trinajstić information content (AvgIpc) is 2.77. The highest BCUT2D eigenvalue weighted by Gasteiger charge is 2.21. The van der Waals surface area contributed by atoms with Gasteiger partial charge in [-0.25, -0.2) is 0 Å². The fourth-order valence-corrected chi connectivity index (χ4v) is 4.25. The summed E-state index contributed by atoms with van der Waals surface area (Å²) in [6.45, 7) is 0.682. The largest absolute Gasteiger partial charge is 0.352 e. The van der Waals surface area contributed by atoms with Crippen LogP contribution >= 0.6 is 46.1 Å². The number of alkyl halides is 1. The molecule has 1 aromatic carbocycles. The molecule has 0 aliphatic carbocycles. The Morgan fingerprint density at radius 1 is 1.25 bits per heavy atom. The second-order valence-electron chi connectivity index (χ2n) is 4.56. The second kappa shape index (κ2) is 5.57. The lowest BCUT2D eigenvalue weighted by atomic mass is 9.95. The molecule has 1 N–H and O–H groups in total. The van der Waals surface area contributed by atoms with Crippen LogP contribution in [0.5, 0.6) is 0 Å². The topological polar surface area (TPSA) is 29.1 Å². The molecule has 0 bridgehead atoms. The summed E-state index contributed by atoms with van der Waals surface area (Å²) in [6, 6.07) is 7.51. The van der Waals surface area contributed by atoms with Crippen LogP contribution in [0.15, 0.2) is 24.3 Å². The van der Waals surface area contributed by atoms with Crippen molar-refractivity contribution in [3.63, 3.8) is 0 Å². The molecule has 0 radical (unpaired) electrons. The molecule has 2 aromatic rings. The van der Waals surface area contributed by atoms with Gasteiger partial charge >= 0.3 is 0 Å². The van der Waals surface area contributed by atoms with E-state index in [1.54, 1.807) is 6.07 Å². The Kier molecular flexibility index (Phi) is 3.95. The normalized spacial score (nSPS) is 15.7. The number of nitrogens with one attached hydrogen (secondary N) is 1. The monoisotopic (exact) mass is 345 g/mol. The van der Waals surface area contributed by atoms with E-state index in [1.165, 1.54) is 11.3 Å². The summed E-state index contributed by atoms with van der Waals surface area (Å²) in [5.74, 6) is -0.0496. The van der Waals surface area contributed by atoms with Gasteiger partial charge < -0.3 is 5.32 Å². The van der Waals surface area contributed by atoms with Crippen molar-refractivity contribution in [3.05, 3.63) is 55.2 Å². The summed E-state index contributed by atoms with van der Waals surface area (Å²) >= 11 is 19.8. The van der Waals surface area contributed by atoms with Crippen molar-refractivity contribution in [2.24, 2.45) is 0 Å². The Labute approximate surface area is 135 Å². The van der Waals surface area contributed by atoms with Crippen LogP contribution in [0.3, 0.4) is 0 Å². The van der Waals surface area contributed by atoms with Crippen molar-refractivity contribution < 1.29 is 4.79 Å². The number of benzene rings is 1. The van der Waals surface area contributed by atoms with Gasteiger partial charge in [-0.2, -0.15) is 0 Å². The highest BCUT2D eigenvalue weighted by Crippen LogP contribution is 2.41. The van der Waals surface area contributed by atoms with Crippen molar-refractivity contribution >= 4 is 52.0 Å². The molecule has 0 fully saturated rings. The van der Waals surface area contributed by atoms with Gasteiger partial charge in [0, 0.05) is 17.7 Å². The zero-order chi connectivity index (χ0) is 14.3. The van der Waals surface area contributed by atoms with Crippen LogP contribution in [0.1, 0.15) is 32.4 Å². The van der Waals surface area contributed by atoms with Crippen molar-refractivity contribution in [2.45, 2.75) is 11.8 Å². The predicted molar refractivity (Wildman–Crippen MR) is 84.5 cm³/mol. The third-order valence-electron chi connectivity index (χ3n) is 3.31. The van der Waals surface area contributed by atoms with E-state index < -0.39 is 5.38 Å². The van der Waals surface area contributed by atoms with Gasteiger partial charge in [-0.05, 0) is 29.7 Å². The number of rotatable bonds is 2. The lowest BCUT2D eigenvalue weighted by Gasteiger charge is -2.18. The van der Waals surface area contributed by atoms with Crippen LogP contribution in [0.2, 0.25) is 8.67 Å². The Balaban J connectivity index is 2.00. The number of carbonyl (C=O) groups excluding carboxylic acids is 1. The quantitative estimate of drug-likeness (QED) is 0.787. The van der Waals surface area contributed by atoms with Gasteiger partial charge in [0.15, 0.2) is 0 Å². The smallest absolute Gasteiger partial charge is 0.251 e. The van der Waals surface area contributed by atoms with Gasteiger partial charge in [-0.3, -0.25) is 4.79 Å². The van der Waals surface area contributed by atoms with Gasteiger partial charge in [-0.15, -0.1) is 22.9 Å². The van der Waals surface area contributed by atoms with Crippen LogP contribution in [-0.2, 0) is 6.42 Å². The fraction of sp³-hybridized carbons (Fsp3) is 0.214. The van der Waals surface area contributed by atoms with E-state index in [0.717, 1.165) is 23.1 Å². The number of hydrogen-bond acceptors (Lipinski definition) is 2. The molecule has 2 heterocycles. The lowest BCUT2D eigenvalue weighted by molar-refractivity contribution is 0.0946. The molecule has 104 valence electrons. The molecule has 0 saturated heterocycles. The Bertz CT molecular complexity index is 683. The van der Waals surface area contributed by atoms with Crippen LogP contribution in [0, 0.1) is 0 Å². The molecular weight excluding hydrogens is 337 g/mol. The minimum atomic E-state index is -0.411. The molecule has 1 atom stereocenters. The van der Waals surface area contributed by atoms with E-state index in [9.17, 15) is 4.79 Å². The molecular formula is C14H10Cl3NOS. The molecule has 6 heteroatoms. The first kappa shape index (κ1) is 14.2. The molecule has 1 aliphatic heterocycles.